The second-order valence-electron chi connectivity index (χ2n) is 2.62. The summed E-state index contributed by atoms with van der Waals surface area (Å²) in [5.41, 5.74) is 0.832. The number of hydrogen-bond donors (Lipinski definition) is 1. The van der Waals surface area contributed by atoms with Crippen molar-refractivity contribution in [3.63, 3.8) is 0 Å². The molecule has 0 bridgehead atoms. The molecule has 2 rings (SSSR count). The number of benzene rings is 1. The minimum absolute atomic E-state index is 0.161. The molecule has 0 atom stereocenters. The maximum atomic E-state index is 10.9. The molecule has 0 aliphatic heterocycles. The highest BCUT2D eigenvalue weighted by atomic mass is 32.1. The summed E-state index contributed by atoms with van der Waals surface area (Å²) in [5, 5.41) is 6.92. The Morgan fingerprint density at radius 1 is 1.43 bits per heavy atom. The SMILES string of the molecule is COc1ccccc1-c1n[nH]c(=O)s1. The molecule has 0 saturated carbocycles. The number of H-pyrrole nitrogens is 1. The van der Waals surface area contributed by atoms with Crippen molar-refractivity contribution in [1.29, 1.82) is 0 Å². The Balaban J connectivity index is 2.55. The Labute approximate surface area is 84.2 Å². The van der Waals surface area contributed by atoms with E-state index in [1.807, 2.05) is 24.3 Å². The molecule has 0 fully saturated rings. The lowest BCUT2D eigenvalue weighted by molar-refractivity contribution is 0.416. The lowest BCUT2D eigenvalue weighted by atomic mass is 10.2. The third-order valence-electron chi connectivity index (χ3n) is 1.78. The minimum atomic E-state index is -0.161. The van der Waals surface area contributed by atoms with E-state index in [1.54, 1.807) is 7.11 Å². The van der Waals surface area contributed by atoms with Crippen LogP contribution in [0.15, 0.2) is 29.1 Å². The molecule has 0 unspecified atom stereocenters. The Morgan fingerprint density at radius 2 is 2.21 bits per heavy atom. The largest absolute Gasteiger partial charge is 0.496 e. The molecule has 1 aromatic heterocycles. The average molecular weight is 208 g/mol. The summed E-state index contributed by atoms with van der Waals surface area (Å²) in [6.45, 7) is 0. The molecule has 1 heterocycles. The number of nitrogens with zero attached hydrogens (tertiary/aromatic N) is 1. The molecule has 1 N–H and O–H groups in total. The fraction of sp³-hybridized carbons (Fsp3) is 0.111. The fourth-order valence-electron chi connectivity index (χ4n) is 1.17. The van der Waals surface area contributed by atoms with Gasteiger partial charge in [0.05, 0.1) is 12.7 Å². The van der Waals surface area contributed by atoms with Gasteiger partial charge in [-0.3, -0.25) is 4.79 Å². The number of aromatic amines is 1. The van der Waals surface area contributed by atoms with E-state index in [4.69, 9.17) is 4.74 Å². The van der Waals surface area contributed by atoms with Gasteiger partial charge < -0.3 is 4.74 Å². The van der Waals surface area contributed by atoms with Crippen LogP contribution in [0.1, 0.15) is 0 Å². The highest BCUT2D eigenvalue weighted by Crippen LogP contribution is 2.28. The molecule has 72 valence electrons. The summed E-state index contributed by atoms with van der Waals surface area (Å²) in [6.07, 6.45) is 0. The second kappa shape index (κ2) is 3.63. The van der Waals surface area contributed by atoms with Crippen molar-refractivity contribution in [2.45, 2.75) is 0 Å². The van der Waals surface area contributed by atoms with Crippen LogP contribution in [0.2, 0.25) is 0 Å². The van der Waals surface area contributed by atoms with Crippen molar-refractivity contribution in [2.24, 2.45) is 0 Å². The molecule has 0 radical (unpaired) electrons. The molecule has 0 saturated heterocycles. The lowest BCUT2D eigenvalue weighted by Crippen LogP contribution is -1.90. The summed E-state index contributed by atoms with van der Waals surface area (Å²) in [4.78, 5) is 10.8. The monoisotopic (exact) mass is 208 g/mol. The van der Waals surface area contributed by atoms with Crippen LogP contribution < -0.4 is 9.61 Å². The topological polar surface area (TPSA) is 55.0 Å². The van der Waals surface area contributed by atoms with Crippen molar-refractivity contribution < 1.29 is 4.74 Å². The first-order valence-electron chi connectivity index (χ1n) is 4.00. The smallest absolute Gasteiger partial charge is 0.322 e. The van der Waals surface area contributed by atoms with Gasteiger partial charge in [0, 0.05) is 0 Å². The van der Waals surface area contributed by atoms with E-state index >= 15 is 0 Å². The Hall–Kier alpha value is -1.62. The molecule has 0 aliphatic carbocycles. The van der Waals surface area contributed by atoms with Gasteiger partial charge in [0.25, 0.3) is 0 Å². The average Bonchev–Trinajstić information content (AvgIpc) is 2.65. The maximum Gasteiger partial charge on any atom is 0.322 e. The number of methoxy groups -OCH3 is 1. The number of rotatable bonds is 2. The molecular weight excluding hydrogens is 200 g/mol. The van der Waals surface area contributed by atoms with Crippen LogP contribution in [-0.4, -0.2) is 17.3 Å². The van der Waals surface area contributed by atoms with Gasteiger partial charge in [0.15, 0.2) is 5.01 Å². The fourth-order valence-corrected chi connectivity index (χ4v) is 1.80. The number of hydrogen-bond acceptors (Lipinski definition) is 4. The Bertz CT molecular complexity index is 489. The quantitative estimate of drug-likeness (QED) is 0.813. The zero-order valence-corrected chi connectivity index (χ0v) is 8.30. The van der Waals surface area contributed by atoms with E-state index < -0.39 is 0 Å². The van der Waals surface area contributed by atoms with Gasteiger partial charge in [0.1, 0.15) is 5.75 Å². The van der Waals surface area contributed by atoms with Crippen LogP contribution in [-0.2, 0) is 0 Å². The maximum absolute atomic E-state index is 10.9. The van der Waals surface area contributed by atoms with Crippen LogP contribution in [0.25, 0.3) is 10.6 Å². The number of aromatic nitrogens is 2. The predicted molar refractivity (Wildman–Crippen MR) is 54.7 cm³/mol. The summed E-state index contributed by atoms with van der Waals surface area (Å²) in [6, 6.07) is 7.45. The van der Waals surface area contributed by atoms with Gasteiger partial charge in [-0.05, 0) is 12.1 Å². The first kappa shape index (κ1) is 8.96. The first-order valence-corrected chi connectivity index (χ1v) is 4.82. The number of nitrogens with one attached hydrogen (secondary N) is 1. The zero-order chi connectivity index (χ0) is 9.97. The van der Waals surface area contributed by atoms with Crippen LogP contribution in [0.3, 0.4) is 0 Å². The predicted octanol–water partition coefficient (Wildman–Crippen LogP) is 1.51. The molecule has 4 nitrogen and oxygen atoms in total. The van der Waals surface area contributed by atoms with E-state index in [0.29, 0.717) is 5.01 Å². The molecular formula is C9H8N2O2S. The second-order valence-corrected chi connectivity index (χ2v) is 3.58. The lowest BCUT2D eigenvalue weighted by Gasteiger charge is -2.03. The standard InChI is InChI=1S/C9H8N2O2S/c1-13-7-5-3-2-4-6(7)8-10-11-9(12)14-8/h2-5H,1H3,(H,11,12). The van der Waals surface area contributed by atoms with Crippen molar-refractivity contribution >= 4 is 11.3 Å². The zero-order valence-electron chi connectivity index (χ0n) is 7.48. The van der Waals surface area contributed by atoms with Crippen molar-refractivity contribution in [1.82, 2.24) is 10.2 Å². The van der Waals surface area contributed by atoms with Crippen molar-refractivity contribution in [2.75, 3.05) is 7.11 Å². The highest BCUT2D eigenvalue weighted by Gasteiger charge is 2.08. The Kier molecular flexibility index (Phi) is 2.32. The van der Waals surface area contributed by atoms with E-state index in [0.717, 1.165) is 22.6 Å². The number of para-hydroxylation sites is 1. The first-order chi connectivity index (χ1) is 6.81. The van der Waals surface area contributed by atoms with E-state index in [9.17, 15) is 4.79 Å². The molecule has 0 spiro atoms. The van der Waals surface area contributed by atoms with E-state index in [2.05, 4.69) is 10.2 Å². The molecule has 0 aliphatic rings. The van der Waals surface area contributed by atoms with Crippen LogP contribution >= 0.6 is 11.3 Å². The summed E-state index contributed by atoms with van der Waals surface area (Å²) >= 11 is 1.07. The third kappa shape index (κ3) is 1.54. The van der Waals surface area contributed by atoms with Crippen molar-refractivity contribution in [3.05, 3.63) is 33.9 Å². The molecule has 5 heteroatoms. The van der Waals surface area contributed by atoms with Crippen LogP contribution in [0.4, 0.5) is 0 Å². The van der Waals surface area contributed by atoms with Gasteiger partial charge >= 0.3 is 4.87 Å². The van der Waals surface area contributed by atoms with Crippen LogP contribution in [0.5, 0.6) is 5.75 Å². The van der Waals surface area contributed by atoms with Gasteiger partial charge in [-0.1, -0.05) is 23.5 Å². The third-order valence-corrected chi connectivity index (χ3v) is 2.56. The number of ether oxygens (including phenoxy) is 1. The summed E-state index contributed by atoms with van der Waals surface area (Å²) < 4.78 is 5.16. The highest BCUT2D eigenvalue weighted by molar-refractivity contribution is 7.12. The van der Waals surface area contributed by atoms with Gasteiger partial charge in [-0.2, -0.15) is 5.10 Å². The van der Waals surface area contributed by atoms with E-state index in [-0.39, 0.29) is 4.87 Å². The molecule has 2 aromatic rings. The molecule has 14 heavy (non-hydrogen) atoms. The van der Waals surface area contributed by atoms with E-state index in [1.165, 1.54) is 0 Å². The summed E-state index contributed by atoms with van der Waals surface area (Å²) in [5.74, 6) is 0.718. The molecule has 0 amide bonds. The normalized spacial score (nSPS) is 10.1. The molecule has 1 aromatic carbocycles. The van der Waals surface area contributed by atoms with Crippen LogP contribution in [0, 0.1) is 0 Å². The summed E-state index contributed by atoms with van der Waals surface area (Å²) in [7, 11) is 1.59. The minimum Gasteiger partial charge on any atom is -0.496 e. The Morgan fingerprint density at radius 3 is 2.86 bits per heavy atom. The van der Waals surface area contributed by atoms with Gasteiger partial charge in [-0.25, -0.2) is 5.10 Å². The van der Waals surface area contributed by atoms with Gasteiger partial charge in [0.2, 0.25) is 0 Å². The van der Waals surface area contributed by atoms with Gasteiger partial charge in [-0.15, -0.1) is 0 Å². The van der Waals surface area contributed by atoms with Crippen molar-refractivity contribution in [3.8, 4) is 16.3 Å².